The first kappa shape index (κ1) is 8.83. The molecule has 0 bridgehead atoms. The van der Waals surface area contributed by atoms with Crippen LogP contribution in [0.15, 0.2) is 22.6 Å². The zero-order valence-corrected chi connectivity index (χ0v) is 7.43. The van der Waals surface area contributed by atoms with Gasteiger partial charge in [0.25, 0.3) is 0 Å². The first-order valence-corrected chi connectivity index (χ1v) is 4.19. The highest BCUT2D eigenvalue weighted by atomic mass is 32.2. The standard InChI is InChI=1S/C8H14S/c1-6(2)7(3)8(4)9-5/h1H2,2-5H3/b8-7-. The summed E-state index contributed by atoms with van der Waals surface area (Å²) in [5.41, 5.74) is 2.49. The SMILES string of the molecule is C=C(C)/C(C)=C(/C)SC. The van der Waals surface area contributed by atoms with E-state index in [1.54, 1.807) is 11.8 Å². The summed E-state index contributed by atoms with van der Waals surface area (Å²) in [7, 11) is 0. The lowest BCUT2D eigenvalue weighted by molar-refractivity contribution is 1.33. The fraction of sp³-hybridized carbons (Fsp3) is 0.500. The van der Waals surface area contributed by atoms with Crippen molar-refractivity contribution in [2.75, 3.05) is 6.26 Å². The fourth-order valence-electron chi connectivity index (χ4n) is 0.454. The first-order valence-electron chi connectivity index (χ1n) is 2.97. The van der Waals surface area contributed by atoms with Crippen LogP contribution in [0.4, 0.5) is 0 Å². The number of hydrogen-bond acceptors (Lipinski definition) is 1. The van der Waals surface area contributed by atoms with Crippen LogP contribution in [0.1, 0.15) is 20.8 Å². The molecule has 0 rings (SSSR count). The van der Waals surface area contributed by atoms with Crippen LogP contribution in [0.5, 0.6) is 0 Å². The quantitative estimate of drug-likeness (QED) is 0.533. The Kier molecular flexibility index (Phi) is 3.71. The lowest BCUT2D eigenvalue weighted by Gasteiger charge is -2.02. The highest BCUT2D eigenvalue weighted by Crippen LogP contribution is 2.19. The van der Waals surface area contributed by atoms with E-state index in [1.165, 1.54) is 16.1 Å². The molecule has 1 heteroatoms. The molecule has 0 spiro atoms. The summed E-state index contributed by atoms with van der Waals surface area (Å²) in [5, 5.41) is 0. The Balaban J connectivity index is 4.28. The normalized spacial score (nSPS) is 12.9. The highest BCUT2D eigenvalue weighted by molar-refractivity contribution is 8.02. The predicted octanol–water partition coefficient (Wildman–Crippen LogP) is 3.22. The van der Waals surface area contributed by atoms with Crippen molar-refractivity contribution in [3.05, 3.63) is 22.6 Å². The largest absolute Gasteiger partial charge is 0.134 e. The zero-order valence-electron chi connectivity index (χ0n) is 6.62. The van der Waals surface area contributed by atoms with Gasteiger partial charge in [0.1, 0.15) is 0 Å². The molecule has 0 aromatic heterocycles. The van der Waals surface area contributed by atoms with Crippen molar-refractivity contribution in [1.82, 2.24) is 0 Å². The minimum atomic E-state index is 1.17. The number of hydrogen-bond donors (Lipinski definition) is 0. The molecular weight excluding hydrogens is 128 g/mol. The van der Waals surface area contributed by atoms with Crippen LogP contribution >= 0.6 is 11.8 Å². The Hall–Kier alpha value is -0.170. The van der Waals surface area contributed by atoms with E-state index in [1.807, 2.05) is 6.92 Å². The van der Waals surface area contributed by atoms with Crippen molar-refractivity contribution < 1.29 is 0 Å². The van der Waals surface area contributed by atoms with Crippen LogP contribution < -0.4 is 0 Å². The minimum absolute atomic E-state index is 1.17. The predicted molar refractivity (Wildman–Crippen MR) is 46.7 cm³/mol. The van der Waals surface area contributed by atoms with Gasteiger partial charge in [-0.05, 0) is 37.5 Å². The summed E-state index contributed by atoms with van der Waals surface area (Å²) in [6.07, 6.45) is 2.09. The molecule has 0 saturated carbocycles. The van der Waals surface area contributed by atoms with Crippen molar-refractivity contribution >= 4 is 11.8 Å². The average Bonchev–Trinajstić information content (AvgIpc) is 1.84. The molecule has 0 aromatic rings. The maximum Gasteiger partial charge on any atom is -0.0140 e. The third-order valence-electron chi connectivity index (χ3n) is 1.47. The van der Waals surface area contributed by atoms with E-state index in [-0.39, 0.29) is 0 Å². The Morgan fingerprint density at radius 2 is 1.67 bits per heavy atom. The lowest BCUT2D eigenvalue weighted by atomic mass is 10.1. The van der Waals surface area contributed by atoms with Crippen molar-refractivity contribution in [2.45, 2.75) is 20.8 Å². The van der Waals surface area contributed by atoms with Gasteiger partial charge in [-0.15, -0.1) is 11.8 Å². The molecule has 0 fully saturated rings. The topological polar surface area (TPSA) is 0 Å². The van der Waals surface area contributed by atoms with Crippen LogP contribution in [0.25, 0.3) is 0 Å². The molecule has 0 aliphatic heterocycles. The van der Waals surface area contributed by atoms with E-state index in [0.29, 0.717) is 0 Å². The molecular formula is C8H14S. The number of thioether (sulfide) groups is 1. The van der Waals surface area contributed by atoms with E-state index in [9.17, 15) is 0 Å². The summed E-state index contributed by atoms with van der Waals surface area (Å²) in [6.45, 7) is 10.1. The zero-order chi connectivity index (χ0) is 7.44. The molecule has 0 saturated heterocycles. The Morgan fingerprint density at radius 3 is 1.78 bits per heavy atom. The summed E-state index contributed by atoms with van der Waals surface area (Å²) in [4.78, 5) is 1.36. The third kappa shape index (κ3) is 2.75. The van der Waals surface area contributed by atoms with E-state index in [4.69, 9.17) is 0 Å². The lowest BCUT2D eigenvalue weighted by Crippen LogP contribution is -1.79. The molecule has 0 N–H and O–H groups in total. The van der Waals surface area contributed by atoms with Gasteiger partial charge >= 0.3 is 0 Å². The van der Waals surface area contributed by atoms with E-state index >= 15 is 0 Å². The second-order valence-corrected chi connectivity index (χ2v) is 3.19. The maximum absolute atomic E-state index is 3.85. The smallest absolute Gasteiger partial charge is 0.0140 e. The van der Waals surface area contributed by atoms with Crippen LogP contribution in [0, 0.1) is 0 Å². The number of allylic oxidation sites excluding steroid dienone is 3. The van der Waals surface area contributed by atoms with Gasteiger partial charge in [-0.2, -0.15) is 0 Å². The van der Waals surface area contributed by atoms with Crippen molar-refractivity contribution in [3.63, 3.8) is 0 Å². The van der Waals surface area contributed by atoms with Crippen molar-refractivity contribution in [3.8, 4) is 0 Å². The van der Waals surface area contributed by atoms with Gasteiger partial charge in [-0.1, -0.05) is 12.2 Å². The fourth-order valence-corrected chi connectivity index (χ4v) is 0.934. The van der Waals surface area contributed by atoms with Crippen LogP contribution in [-0.4, -0.2) is 6.26 Å². The summed E-state index contributed by atoms with van der Waals surface area (Å²) < 4.78 is 0. The summed E-state index contributed by atoms with van der Waals surface area (Å²) in [6, 6.07) is 0. The van der Waals surface area contributed by atoms with E-state index in [0.717, 1.165) is 0 Å². The molecule has 0 amide bonds. The van der Waals surface area contributed by atoms with Gasteiger partial charge in [0.2, 0.25) is 0 Å². The van der Waals surface area contributed by atoms with Gasteiger partial charge in [-0.3, -0.25) is 0 Å². The monoisotopic (exact) mass is 142 g/mol. The second kappa shape index (κ2) is 3.78. The first-order chi connectivity index (χ1) is 4.09. The average molecular weight is 142 g/mol. The van der Waals surface area contributed by atoms with Gasteiger partial charge < -0.3 is 0 Å². The van der Waals surface area contributed by atoms with Gasteiger partial charge in [-0.25, -0.2) is 0 Å². The minimum Gasteiger partial charge on any atom is -0.134 e. The molecule has 0 nitrogen and oxygen atoms in total. The highest BCUT2D eigenvalue weighted by Gasteiger charge is 1.93. The van der Waals surface area contributed by atoms with Crippen LogP contribution in [0.2, 0.25) is 0 Å². The molecule has 0 atom stereocenters. The molecule has 52 valence electrons. The van der Waals surface area contributed by atoms with E-state index < -0.39 is 0 Å². The van der Waals surface area contributed by atoms with Gasteiger partial charge in [0, 0.05) is 0 Å². The molecule has 0 unspecified atom stereocenters. The molecule has 9 heavy (non-hydrogen) atoms. The van der Waals surface area contributed by atoms with E-state index in [2.05, 4.69) is 26.7 Å². The number of rotatable bonds is 2. The Morgan fingerprint density at radius 1 is 1.22 bits per heavy atom. The Bertz CT molecular complexity index is 143. The van der Waals surface area contributed by atoms with Gasteiger partial charge in [0.05, 0.1) is 0 Å². The molecule has 0 radical (unpaired) electrons. The van der Waals surface area contributed by atoms with Crippen LogP contribution in [-0.2, 0) is 0 Å². The summed E-state index contributed by atoms with van der Waals surface area (Å²) in [5.74, 6) is 0. The molecule has 0 aliphatic rings. The van der Waals surface area contributed by atoms with Crippen LogP contribution in [0.3, 0.4) is 0 Å². The molecule has 0 aliphatic carbocycles. The maximum atomic E-state index is 3.85. The van der Waals surface area contributed by atoms with Crippen molar-refractivity contribution in [1.29, 1.82) is 0 Å². The third-order valence-corrected chi connectivity index (χ3v) is 2.39. The second-order valence-electron chi connectivity index (χ2n) is 2.17. The molecule has 0 heterocycles. The summed E-state index contributed by atoms with van der Waals surface area (Å²) >= 11 is 1.78. The Labute approximate surface area is 62.0 Å². The van der Waals surface area contributed by atoms with Gasteiger partial charge in [0.15, 0.2) is 0 Å². The molecule has 0 aromatic carbocycles. The van der Waals surface area contributed by atoms with Crippen molar-refractivity contribution in [2.24, 2.45) is 0 Å².